The molecule has 152 valence electrons. The molecule has 0 fully saturated rings. The van der Waals surface area contributed by atoms with Gasteiger partial charge in [-0.3, -0.25) is 0 Å². The maximum absolute atomic E-state index is 2.48. The quantitative estimate of drug-likeness (QED) is 0.148. The topological polar surface area (TPSA) is 0 Å². The van der Waals surface area contributed by atoms with Crippen LogP contribution >= 0.6 is 8.58 Å². The van der Waals surface area contributed by atoms with Crippen molar-refractivity contribution in [1.29, 1.82) is 0 Å². The predicted molar refractivity (Wildman–Crippen MR) is 122 cm³/mol. The smallest absolute Gasteiger partial charge is 0.0353 e. The molecule has 0 aromatic heterocycles. The van der Waals surface area contributed by atoms with Crippen LogP contribution in [0.2, 0.25) is 0 Å². The van der Waals surface area contributed by atoms with E-state index in [-0.39, 0.29) is 0 Å². The van der Waals surface area contributed by atoms with Gasteiger partial charge in [-0.2, -0.15) is 0 Å². The van der Waals surface area contributed by atoms with Crippen molar-refractivity contribution in [3.8, 4) is 0 Å². The first kappa shape index (κ1) is 25.4. The Morgan fingerprint density at radius 1 is 0.560 bits per heavy atom. The molecule has 0 aromatic carbocycles. The van der Waals surface area contributed by atoms with E-state index in [4.69, 9.17) is 0 Å². The van der Waals surface area contributed by atoms with Gasteiger partial charge in [-0.15, -0.1) is 8.58 Å². The van der Waals surface area contributed by atoms with E-state index in [2.05, 4.69) is 27.4 Å². The summed E-state index contributed by atoms with van der Waals surface area (Å²) in [6.07, 6.45) is 26.4. The van der Waals surface area contributed by atoms with Crippen LogP contribution in [0.5, 0.6) is 0 Å². The van der Waals surface area contributed by atoms with Crippen molar-refractivity contribution in [2.75, 3.05) is 12.8 Å². The molecule has 0 aliphatic carbocycles. The first-order chi connectivity index (χ1) is 12.2. The highest BCUT2D eigenvalue weighted by Crippen LogP contribution is 2.22. The van der Waals surface area contributed by atoms with Crippen molar-refractivity contribution in [3.05, 3.63) is 0 Å². The molecule has 25 heavy (non-hydrogen) atoms. The summed E-state index contributed by atoms with van der Waals surface area (Å²) in [4.78, 5) is 0. The lowest BCUT2D eigenvalue weighted by Crippen LogP contribution is -2.04. The zero-order valence-electron chi connectivity index (χ0n) is 18.4. The lowest BCUT2D eigenvalue weighted by molar-refractivity contribution is 0.375. The van der Waals surface area contributed by atoms with Crippen LogP contribution in [0.25, 0.3) is 0 Å². The van der Waals surface area contributed by atoms with Crippen molar-refractivity contribution >= 4 is 8.58 Å². The van der Waals surface area contributed by atoms with Crippen LogP contribution < -0.4 is 0 Å². The summed E-state index contributed by atoms with van der Waals surface area (Å²) in [5.41, 5.74) is 0. The van der Waals surface area contributed by atoms with Crippen LogP contribution in [0.3, 0.4) is 0 Å². The summed E-state index contributed by atoms with van der Waals surface area (Å²) in [5.74, 6) is 1.90. The summed E-state index contributed by atoms with van der Waals surface area (Å²) in [5, 5.41) is 0. The third-order valence-electron chi connectivity index (χ3n) is 5.74. The fourth-order valence-electron chi connectivity index (χ4n) is 4.00. The number of hydrogen-bond donors (Lipinski definition) is 0. The van der Waals surface area contributed by atoms with Crippen molar-refractivity contribution in [2.45, 2.75) is 130 Å². The highest BCUT2D eigenvalue weighted by Gasteiger charge is 2.08. The van der Waals surface area contributed by atoms with E-state index in [1.54, 1.807) is 0 Å². The highest BCUT2D eigenvalue weighted by molar-refractivity contribution is 7.36. The fraction of sp³-hybridized carbons (Fsp3) is 1.00. The minimum atomic E-state index is 0.951. The summed E-state index contributed by atoms with van der Waals surface area (Å²) >= 11 is 0. The molecule has 0 radical (unpaired) electrons. The second-order valence-corrected chi connectivity index (χ2v) is 9.93. The molecular formula is C24H51P. The van der Waals surface area contributed by atoms with Gasteiger partial charge in [0.05, 0.1) is 0 Å². The summed E-state index contributed by atoms with van der Waals surface area (Å²) < 4.78 is 0. The van der Waals surface area contributed by atoms with E-state index >= 15 is 0 Å². The minimum absolute atomic E-state index is 0.951. The van der Waals surface area contributed by atoms with E-state index in [1.165, 1.54) is 115 Å². The maximum Gasteiger partial charge on any atom is -0.0353 e. The summed E-state index contributed by atoms with van der Waals surface area (Å²) in [6, 6.07) is 0. The molecule has 0 aromatic rings. The normalized spacial score (nSPS) is 14.4. The second-order valence-electron chi connectivity index (χ2n) is 8.72. The van der Waals surface area contributed by atoms with Crippen LogP contribution in [-0.2, 0) is 0 Å². The standard InChI is InChI=1S/C24H51P/c1-5-6-7-8-9-10-11-12-13-14-15-16-17-18-19-23(2)22-24(3)20-21-25-4/h23-25H,5-22H2,1-4H3. The van der Waals surface area contributed by atoms with Gasteiger partial charge in [-0.25, -0.2) is 0 Å². The van der Waals surface area contributed by atoms with E-state index in [0.29, 0.717) is 0 Å². The molecule has 0 rings (SSSR count). The third kappa shape index (κ3) is 20.6. The zero-order chi connectivity index (χ0) is 18.6. The molecule has 1 heteroatoms. The molecule has 0 amide bonds. The van der Waals surface area contributed by atoms with E-state index < -0.39 is 0 Å². The SMILES string of the molecule is CCCCCCCCCCCCCCCCC(C)CC(C)CCPC. The van der Waals surface area contributed by atoms with Gasteiger partial charge in [0.1, 0.15) is 0 Å². The largest absolute Gasteiger partial charge is 0.125 e. The van der Waals surface area contributed by atoms with Gasteiger partial charge in [0.2, 0.25) is 0 Å². The Morgan fingerprint density at radius 2 is 0.960 bits per heavy atom. The van der Waals surface area contributed by atoms with Gasteiger partial charge in [-0.05, 0) is 37.5 Å². The number of unbranched alkanes of at least 4 members (excludes halogenated alkanes) is 13. The molecule has 0 nitrogen and oxygen atoms in total. The van der Waals surface area contributed by atoms with Gasteiger partial charge in [0.15, 0.2) is 0 Å². The molecule has 3 atom stereocenters. The lowest BCUT2D eigenvalue weighted by atomic mass is 9.91. The molecule has 0 heterocycles. The average Bonchev–Trinajstić information content (AvgIpc) is 2.60. The Bertz CT molecular complexity index is 238. The zero-order valence-corrected chi connectivity index (χ0v) is 19.4. The molecule has 0 bridgehead atoms. The molecule has 0 aliphatic heterocycles. The summed E-state index contributed by atoms with van der Waals surface area (Å²) in [6.45, 7) is 9.58. The Labute approximate surface area is 163 Å². The molecule has 3 unspecified atom stereocenters. The number of rotatable bonds is 20. The average molecular weight is 371 g/mol. The first-order valence-corrected chi connectivity index (χ1v) is 13.6. The van der Waals surface area contributed by atoms with Crippen LogP contribution in [0.4, 0.5) is 0 Å². The Balaban J connectivity index is 3.18. The first-order valence-electron chi connectivity index (χ1n) is 11.8. The number of hydrogen-bond acceptors (Lipinski definition) is 0. The van der Waals surface area contributed by atoms with E-state index in [9.17, 15) is 0 Å². The Hall–Kier alpha value is 0.430. The molecule has 0 saturated heterocycles. The van der Waals surface area contributed by atoms with Crippen LogP contribution in [0.15, 0.2) is 0 Å². The van der Waals surface area contributed by atoms with Crippen LogP contribution in [0.1, 0.15) is 130 Å². The Kier molecular flexibility index (Phi) is 21.1. The fourth-order valence-corrected chi connectivity index (χ4v) is 4.78. The van der Waals surface area contributed by atoms with E-state index in [1.807, 2.05) is 0 Å². The second kappa shape index (κ2) is 20.7. The summed E-state index contributed by atoms with van der Waals surface area (Å²) in [7, 11) is 1.15. The van der Waals surface area contributed by atoms with Crippen molar-refractivity contribution < 1.29 is 0 Å². The third-order valence-corrected chi connectivity index (χ3v) is 6.53. The van der Waals surface area contributed by atoms with Crippen molar-refractivity contribution in [3.63, 3.8) is 0 Å². The Morgan fingerprint density at radius 3 is 1.40 bits per heavy atom. The van der Waals surface area contributed by atoms with Gasteiger partial charge in [0, 0.05) is 0 Å². The van der Waals surface area contributed by atoms with E-state index in [0.717, 1.165) is 20.4 Å². The van der Waals surface area contributed by atoms with Crippen LogP contribution in [-0.4, -0.2) is 12.8 Å². The van der Waals surface area contributed by atoms with Crippen LogP contribution in [0, 0.1) is 11.8 Å². The molecular weight excluding hydrogens is 319 g/mol. The van der Waals surface area contributed by atoms with Gasteiger partial charge >= 0.3 is 0 Å². The molecule has 0 N–H and O–H groups in total. The lowest BCUT2D eigenvalue weighted by Gasteiger charge is -2.16. The molecule has 0 spiro atoms. The van der Waals surface area contributed by atoms with Gasteiger partial charge < -0.3 is 0 Å². The molecule has 0 saturated carbocycles. The predicted octanol–water partition coefficient (Wildman–Crippen LogP) is 9.22. The minimum Gasteiger partial charge on any atom is -0.125 e. The highest BCUT2D eigenvalue weighted by atomic mass is 31.1. The van der Waals surface area contributed by atoms with Crippen molar-refractivity contribution in [1.82, 2.24) is 0 Å². The van der Waals surface area contributed by atoms with Gasteiger partial charge in [-0.1, -0.05) is 117 Å². The van der Waals surface area contributed by atoms with Crippen molar-refractivity contribution in [2.24, 2.45) is 11.8 Å². The monoisotopic (exact) mass is 370 g/mol. The molecule has 0 aliphatic rings. The van der Waals surface area contributed by atoms with Gasteiger partial charge in [0.25, 0.3) is 0 Å². The maximum atomic E-state index is 2.48.